The van der Waals surface area contributed by atoms with E-state index in [-0.39, 0.29) is 25.8 Å². The van der Waals surface area contributed by atoms with Gasteiger partial charge in [0.15, 0.2) is 6.29 Å². The molecule has 12 heavy (non-hydrogen) atoms. The second-order valence-electron chi connectivity index (χ2n) is 2.71. The van der Waals surface area contributed by atoms with Crippen LogP contribution in [-0.2, 0) is 29.0 Å². The summed E-state index contributed by atoms with van der Waals surface area (Å²) in [5.74, 6) is 0. The van der Waals surface area contributed by atoms with Gasteiger partial charge in [-0.15, -0.1) is 0 Å². The minimum atomic E-state index is 0. The van der Waals surface area contributed by atoms with Crippen molar-refractivity contribution in [3.63, 3.8) is 0 Å². The zero-order chi connectivity index (χ0) is 7.94. The molecule has 0 aromatic rings. The second-order valence-corrected chi connectivity index (χ2v) is 3.50. The summed E-state index contributed by atoms with van der Waals surface area (Å²) in [5.41, 5.74) is 0. The number of halogens is 1. The largest absolute Gasteiger partial charge is 2.00 e. The average Bonchev–Trinajstić information content (AvgIpc) is 2.07. The fourth-order valence-electron chi connectivity index (χ4n) is 1.11. The number of hydrogen-bond donors (Lipinski definition) is 0. The Labute approximate surface area is 95.3 Å². The Morgan fingerprint density at radius 2 is 2.25 bits per heavy atom. The van der Waals surface area contributed by atoms with E-state index in [9.17, 15) is 0 Å². The van der Waals surface area contributed by atoms with Crippen LogP contribution in [-0.4, -0.2) is 24.8 Å². The molecule has 0 aliphatic carbocycles. The first-order valence-corrected chi connectivity index (χ1v) is 5.35. The molecule has 1 aliphatic heterocycles. The molecule has 66 valence electrons. The number of hydrogen-bond acceptors (Lipinski definition) is 2. The van der Waals surface area contributed by atoms with Crippen molar-refractivity contribution in [3.8, 4) is 0 Å². The van der Waals surface area contributed by atoms with Crippen LogP contribution in [0.15, 0.2) is 0 Å². The van der Waals surface area contributed by atoms with Crippen molar-refractivity contribution < 1.29 is 29.0 Å². The van der Waals surface area contributed by atoms with Gasteiger partial charge in [-0.3, -0.25) is 0 Å². The number of rotatable bonds is 4. The summed E-state index contributed by atoms with van der Waals surface area (Å²) in [6, 6.07) is 0. The summed E-state index contributed by atoms with van der Waals surface area (Å²) in [4.78, 5) is 0. The van der Waals surface area contributed by atoms with Crippen molar-refractivity contribution in [2.24, 2.45) is 0 Å². The van der Waals surface area contributed by atoms with Gasteiger partial charge < -0.3 is 9.47 Å². The van der Waals surface area contributed by atoms with E-state index >= 15 is 0 Å². The molecule has 0 aromatic heterocycles. The quantitative estimate of drug-likeness (QED) is 0.449. The van der Waals surface area contributed by atoms with Crippen LogP contribution in [0.4, 0.5) is 0 Å². The zero-order valence-corrected chi connectivity index (χ0v) is 12.0. The van der Waals surface area contributed by atoms with Crippen molar-refractivity contribution in [1.82, 2.24) is 0 Å². The summed E-state index contributed by atoms with van der Waals surface area (Å²) in [6.07, 6.45) is 4.67. The van der Waals surface area contributed by atoms with E-state index in [2.05, 4.69) is 15.9 Å². The fraction of sp³-hybridized carbons (Fsp3) is 1.00. The Hall–Kier alpha value is 1.02. The summed E-state index contributed by atoms with van der Waals surface area (Å²) in [6.45, 7) is 1.69. The Balaban J connectivity index is 0.00000121. The average molecular weight is 288 g/mol. The fourth-order valence-corrected chi connectivity index (χ4v) is 1.34. The van der Waals surface area contributed by atoms with Gasteiger partial charge in [0.05, 0.1) is 6.61 Å². The van der Waals surface area contributed by atoms with Crippen LogP contribution in [0.2, 0.25) is 0 Å². The van der Waals surface area contributed by atoms with Gasteiger partial charge in [-0.25, -0.2) is 0 Å². The van der Waals surface area contributed by atoms with Crippen LogP contribution >= 0.6 is 15.9 Å². The molecule has 1 unspecified atom stereocenters. The van der Waals surface area contributed by atoms with Crippen molar-refractivity contribution in [1.29, 1.82) is 0 Å². The van der Waals surface area contributed by atoms with Crippen LogP contribution in [0, 0.1) is 0 Å². The van der Waals surface area contributed by atoms with E-state index in [4.69, 9.17) is 9.47 Å². The minimum absolute atomic E-state index is 0. The molecule has 1 atom stereocenters. The van der Waals surface area contributed by atoms with E-state index in [1.807, 2.05) is 0 Å². The van der Waals surface area contributed by atoms with E-state index in [0.717, 1.165) is 31.4 Å². The molecule has 4 heteroatoms. The third-order valence-corrected chi connectivity index (χ3v) is 2.28. The smallest absolute Gasteiger partial charge is 0.353 e. The van der Waals surface area contributed by atoms with Gasteiger partial charge in [-0.05, 0) is 25.7 Å². The van der Waals surface area contributed by atoms with Crippen molar-refractivity contribution in [3.05, 3.63) is 0 Å². The van der Waals surface area contributed by atoms with Crippen LogP contribution in [0.1, 0.15) is 25.7 Å². The van der Waals surface area contributed by atoms with Crippen LogP contribution in [0.3, 0.4) is 0 Å². The molecule has 1 saturated heterocycles. The third-order valence-electron chi connectivity index (χ3n) is 1.72. The Morgan fingerprint density at radius 1 is 1.42 bits per heavy atom. The molecule has 0 saturated carbocycles. The molecular weight excluding hydrogens is 273 g/mol. The van der Waals surface area contributed by atoms with Gasteiger partial charge in [0.1, 0.15) is 0 Å². The predicted octanol–water partition coefficient (Wildman–Crippen LogP) is 2.31. The first kappa shape index (κ1) is 13.0. The first-order valence-electron chi connectivity index (χ1n) is 4.22. The molecule has 0 spiro atoms. The summed E-state index contributed by atoms with van der Waals surface area (Å²) < 4.78 is 10.9. The molecule has 1 heterocycles. The van der Waals surface area contributed by atoms with Gasteiger partial charge in [0.25, 0.3) is 0 Å². The van der Waals surface area contributed by atoms with Gasteiger partial charge in [-0.1, -0.05) is 15.9 Å². The maximum absolute atomic E-state index is 5.47. The van der Waals surface area contributed by atoms with E-state index < -0.39 is 0 Å². The molecule has 1 aliphatic rings. The molecule has 1 rings (SSSR count). The summed E-state index contributed by atoms with van der Waals surface area (Å²) in [7, 11) is 0. The molecule has 0 aromatic carbocycles. The van der Waals surface area contributed by atoms with Crippen LogP contribution < -0.4 is 0 Å². The standard InChI is InChI=1S/C8H15BrO2.Zn/c9-5-3-7-11-8-4-1-2-6-10-8;/h8H,1-7H2;/q;+2. The molecule has 1 fully saturated rings. The number of alkyl halides is 1. The minimum Gasteiger partial charge on any atom is -0.353 e. The SMILES string of the molecule is BrCCCOC1CCCCO1.[Zn+2]. The topological polar surface area (TPSA) is 18.5 Å². The third kappa shape index (κ3) is 5.63. The van der Waals surface area contributed by atoms with Crippen molar-refractivity contribution >= 4 is 15.9 Å². The molecular formula is C8H15BrO2Zn+2. The van der Waals surface area contributed by atoms with Gasteiger partial charge in [-0.2, -0.15) is 0 Å². The molecule has 2 nitrogen and oxygen atoms in total. The maximum Gasteiger partial charge on any atom is 2.00 e. The molecule has 0 radical (unpaired) electrons. The van der Waals surface area contributed by atoms with Crippen molar-refractivity contribution in [2.45, 2.75) is 32.0 Å². The molecule has 0 bridgehead atoms. The van der Waals surface area contributed by atoms with E-state index in [1.165, 1.54) is 12.8 Å². The summed E-state index contributed by atoms with van der Waals surface area (Å²) in [5, 5.41) is 1.01. The maximum atomic E-state index is 5.47. The van der Waals surface area contributed by atoms with Crippen molar-refractivity contribution in [2.75, 3.05) is 18.5 Å². The Kier molecular flexibility index (Phi) is 9.35. The second kappa shape index (κ2) is 8.61. The van der Waals surface area contributed by atoms with E-state index in [0.29, 0.717) is 0 Å². The first-order chi connectivity index (χ1) is 5.43. The normalized spacial score (nSPS) is 23.2. The zero-order valence-electron chi connectivity index (χ0n) is 7.43. The predicted molar refractivity (Wildman–Crippen MR) is 48.0 cm³/mol. The van der Waals surface area contributed by atoms with Gasteiger partial charge >= 0.3 is 19.5 Å². The van der Waals surface area contributed by atoms with Crippen LogP contribution in [0.25, 0.3) is 0 Å². The Morgan fingerprint density at radius 3 is 2.83 bits per heavy atom. The Bertz CT molecular complexity index is 97.1. The number of ether oxygens (including phenoxy) is 2. The van der Waals surface area contributed by atoms with Gasteiger partial charge in [0.2, 0.25) is 0 Å². The molecule has 0 amide bonds. The summed E-state index contributed by atoms with van der Waals surface area (Å²) >= 11 is 3.35. The van der Waals surface area contributed by atoms with E-state index in [1.54, 1.807) is 0 Å². The van der Waals surface area contributed by atoms with Gasteiger partial charge in [0, 0.05) is 11.9 Å². The monoisotopic (exact) mass is 286 g/mol. The molecule has 0 N–H and O–H groups in total. The van der Waals surface area contributed by atoms with Crippen LogP contribution in [0.5, 0.6) is 0 Å².